The van der Waals surface area contributed by atoms with E-state index in [0.29, 0.717) is 24.3 Å². The molecule has 0 unspecified atom stereocenters. The van der Waals surface area contributed by atoms with Crippen molar-refractivity contribution in [1.82, 2.24) is 0 Å². The minimum Gasteiger partial charge on any atom is -0.496 e. The molecule has 0 amide bonds. The normalized spacial score (nSPS) is 10.4. The first-order valence-electron chi connectivity index (χ1n) is 18.4. The second kappa shape index (κ2) is 25.1. The molecule has 53 heavy (non-hydrogen) atoms. The van der Waals surface area contributed by atoms with Gasteiger partial charge in [0.05, 0.1) is 14.2 Å². The summed E-state index contributed by atoms with van der Waals surface area (Å²) in [5.74, 6) is 2.52. The summed E-state index contributed by atoms with van der Waals surface area (Å²) >= 11 is 1.75. The van der Waals surface area contributed by atoms with Crippen LogP contribution < -0.4 is 14.2 Å². The van der Waals surface area contributed by atoms with Gasteiger partial charge in [0.2, 0.25) is 0 Å². The van der Waals surface area contributed by atoms with Crippen LogP contribution in [0.15, 0.2) is 102 Å². The quantitative estimate of drug-likeness (QED) is 0.0591. The van der Waals surface area contributed by atoms with Crippen molar-refractivity contribution in [3.63, 3.8) is 0 Å². The number of carbonyl (C=O) groups excluding carboxylic acids is 1. The standard InChI is InChI=1S/C23H27NO3.C21H25NOS.C2H6/c1-4-18-9-12-21(13-10-18)27-16-20(25)7-5-6-8-22(24)19-11-14-23(26-3)17(2)15-19;1-5-17(21-11-8-14-24-21)9-6-7-10-19(22-3)18-12-13-20(23-4)16(2)15-18;1-2/h4,9-15,24H,1,5-8,16H2,2-3H3;8,11-15H,1,6-7,9-10H2,2-4H3;1-2H3. The van der Waals surface area contributed by atoms with Gasteiger partial charge in [-0.3, -0.25) is 9.79 Å². The minimum absolute atomic E-state index is 0.0784. The zero-order valence-electron chi connectivity index (χ0n) is 32.8. The zero-order valence-corrected chi connectivity index (χ0v) is 33.7. The number of rotatable bonds is 19. The number of ether oxygens (including phenoxy) is 3. The smallest absolute Gasteiger partial charge is 0.170 e. The molecule has 0 aliphatic rings. The number of Topliss-reactive ketones (excluding diaryl/α,β-unsaturated/α-hetero) is 1. The fourth-order valence-corrected chi connectivity index (χ4v) is 6.33. The lowest BCUT2D eigenvalue weighted by atomic mass is 10.00. The Hall–Kier alpha value is -4.97. The number of thiophene rings is 1. The maximum Gasteiger partial charge on any atom is 0.170 e. The molecule has 3 aromatic carbocycles. The van der Waals surface area contributed by atoms with Crippen molar-refractivity contribution in [2.24, 2.45) is 4.99 Å². The third kappa shape index (κ3) is 15.3. The molecule has 4 aromatic rings. The highest BCUT2D eigenvalue weighted by Gasteiger charge is 2.09. The van der Waals surface area contributed by atoms with Gasteiger partial charge < -0.3 is 19.6 Å². The summed E-state index contributed by atoms with van der Waals surface area (Å²) in [6, 6.07) is 23.7. The van der Waals surface area contributed by atoms with E-state index in [1.54, 1.807) is 31.6 Å². The summed E-state index contributed by atoms with van der Waals surface area (Å²) in [5.41, 5.74) is 11.3. The van der Waals surface area contributed by atoms with Gasteiger partial charge in [-0.15, -0.1) is 17.1 Å². The summed E-state index contributed by atoms with van der Waals surface area (Å²) in [7, 11) is 5.22. The Balaban J connectivity index is 0.000000353. The predicted octanol–water partition coefficient (Wildman–Crippen LogP) is 12.2. The average Bonchev–Trinajstić information content (AvgIpc) is 3.73. The predicted molar refractivity (Wildman–Crippen MR) is 227 cm³/mol. The molecule has 0 spiro atoms. The molecule has 0 saturated carbocycles. The van der Waals surface area contributed by atoms with Gasteiger partial charge in [-0.05, 0) is 147 Å². The van der Waals surface area contributed by atoms with Crippen LogP contribution >= 0.6 is 11.3 Å². The highest BCUT2D eigenvalue weighted by Crippen LogP contribution is 2.25. The molecule has 0 aliphatic heterocycles. The lowest BCUT2D eigenvalue weighted by Crippen LogP contribution is -2.11. The Morgan fingerprint density at radius 3 is 1.96 bits per heavy atom. The lowest BCUT2D eigenvalue weighted by Gasteiger charge is -2.10. The third-order valence-corrected chi connectivity index (χ3v) is 9.44. The van der Waals surface area contributed by atoms with E-state index < -0.39 is 0 Å². The molecular formula is C46H58N2O4S. The van der Waals surface area contributed by atoms with Crippen LogP contribution in [-0.2, 0) is 4.79 Å². The van der Waals surface area contributed by atoms with E-state index in [0.717, 1.165) is 78.0 Å². The fraction of sp³-hybridized carbons (Fsp3) is 0.348. The van der Waals surface area contributed by atoms with E-state index in [4.69, 9.17) is 19.6 Å². The monoisotopic (exact) mass is 734 g/mol. The molecule has 1 heterocycles. The third-order valence-electron chi connectivity index (χ3n) is 8.51. The van der Waals surface area contributed by atoms with Gasteiger partial charge >= 0.3 is 0 Å². The molecule has 6 nitrogen and oxygen atoms in total. The first kappa shape index (κ1) is 44.2. The Bertz CT molecular complexity index is 1800. The number of aliphatic imine (C=N–C) groups is 1. The summed E-state index contributed by atoms with van der Waals surface area (Å²) in [5, 5.41) is 10.3. The van der Waals surface area contributed by atoms with E-state index in [1.807, 2.05) is 76.3 Å². The van der Waals surface area contributed by atoms with Gasteiger partial charge in [-0.25, -0.2) is 0 Å². The Morgan fingerprint density at radius 2 is 1.42 bits per heavy atom. The first-order valence-corrected chi connectivity index (χ1v) is 19.2. The molecule has 7 heteroatoms. The van der Waals surface area contributed by atoms with Crippen LogP contribution in [0.25, 0.3) is 11.6 Å². The van der Waals surface area contributed by atoms with E-state index in [1.165, 1.54) is 16.0 Å². The van der Waals surface area contributed by atoms with Crippen molar-refractivity contribution < 1.29 is 19.0 Å². The Morgan fingerprint density at radius 1 is 0.830 bits per heavy atom. The van der Waals surface area contributed by atoms with Crippen molar-refractivity contribution in [3.05, 3.63) is 130 Å². The van der Waals surface area contributed by atoms with Crippen molar-refractivity contribution in [1.29, 1.82) is 5.41 Å². The highest BCUT2D eigenvalue weighted by atomic mass is 32.1. The van der Waals surface area contributed by atoms with Crippen molar-refractivity contribution in [3.8, 4) is 17.2 Å². The number of ketones is 1. The lowest BCUT2D eigenvalue weighted by molar-refractivity contribution is -0.121. The molecular weight excluding hydrogens is 677 g/mol. The number of carbonyl (C=O) groups is 1. The molecule has 4 rings (SSSR count). The fourth-order valence-electron chi connectivity index (χ4n) is 5.56. The Kier molecular flexibility index (Phi) is 20.9. The first-order chi connectivity index (χ1) is 25.7. The van der Waals surface area contributed by atoms with Crippen LogP contribution in [0.4, 0.5) is 0 Å². The molecule has 1 N–H and O–H groups in total. The maximum absolute atomic E-state index is 12.0. The Labute approximate surface area is 322 Å². The van der Waals surface area contributed by atoms with E-state index in [2.05, 4.69) is 60.5 Å². The summed E-state index contributed by atoms with van der Waals surface area (Å²) in [6.45, 7) is 15.7. The van der Waals surface area contributed by atoms with Gasteiger partial charge in [0, 0.05) is 35.3 Å². The SMILES string of the molecule is C=C=C(CCCCC(=NC)c1ccc(OC)c(C)c1)c1cccs1.C=Cc1ccc(OCC(=O)CCCCC(=N)c2ccc(OC)c(C)c2)cc1.CC. The van der Waals surface area contributed by atoms with Crippen molar-refractivity contribution in [2.75, 3.05) is 27.9 Å². The topological polar surface area (TPSA) is 81.0 Å². The molecule has 1 aromatic heterocycles. The number of benzene rings is 3. The van der Waals surface area contributed by atoms with E-state index in [-0.39, 0.29) is 12.4 Å². The van der Waals surface area contributed by atoms with Crippen LogP contribution in [0.2, 0.25) is 0 Å². The minimum atomic E-state index is 0.0784. The van der Waals surface area contributed by atoms with E-state index in [9.17, 15) is 4.79 Å². The largest absolute Gasteiger partial charge is 0.496 e. The van der Waals surface area contributed by atoms with Gasteiger partial charge in [0.1, 0.15) is 23.9 Å². The number of methoxy groups -OCH3 is 2. The number of allylic oxidation sites excluding steroid dienone is 1. The van der Waals surface area contributed by atoms with Crippen molar-refractivity contribution >= 4 is 40.2 Å². The van der Waals surface area contributed by atoms with Crippen LogP contribution in [0, 0.1) is 19.3 Å². The molecule has 0 radical (unpaired) electrons. The van der Waals surface area contributed by atoms with Gasteiger partial charge in [0.25, 0.3) is 0 Å². The van der Waals surface area contributed by atoms with Crippen molar-refractivity contribution in [2.45, 2.75) is 79.1 Å². The molecule has 0 saturated heterocycles. The number of nitrogens with zero attached hydrogens (tertiary/aromatic N) is 1. The molecule has 0 fully saturated rings. The van der Waals surface area contributed by atoms with Gasteiger partial charge in [-0.1, -0.05) is 51.3 Å². The number of hydrogen-bond donors (Lipinski definition) is 1. The summed E-state index contributed by atoms with van der Waals surface area (Å²) in [6.07, 6.45) is 8.68. The molecule has 0 aliphatic carbocycles. The average molecular weight is 735 g/mol. The number of nitrogens with one attached hydrogen (secondary N) is 1. The van der Waals surface area contributed by atoms with Crippen LogP contribution in [0.5, 0.6) is 17.2 Å². The number of unbranched alkanes of at least 4 members (excludes halogenated alkanes) is 2. The maximum atomic E-state index is 12.0. The van der Waals surface area contributed by atoms with Crippen LogP contribution in [0.1, 0.15) is 97.9 Å². The second-order valence-corrected chi connectivity index (χ2v) is 13.1. The summed E-state index contributed by atoms with van der Waals surface area (Å²) in [4.78, 5) is 17.7. The number of aryl methyl sites for hydroxylation is 2. The number of hydrogen-bond acceptors (Lipinski definition) is 7. The zero-order chi connectivity index (χ0) is 39.0. The van der Waals surface area contributed by atoms with Crippen LogP contribution in [0.3, 0.4) is 0 Å². The molecule has 282 valence electrons. The second-order valence-electron chi connectivity index (χ2n) is 12.2. The summed E-state index contributed by atoms with van der Waals surface area (Å²) < 4.78 is 16.1. The van der Waals surface area contributed by atoms with Gasteiger partial charge in [-0.2, -0.15) is 0 Å². The van der Waals surface area contributed by atoms with Gasteiger partial charge in [0.15, 0.2) is 5.78 Å². The highest BCUT2D eigenvalue weighted by molar-refractivity contribution is 7.11. The molecule has 0 bridgehead atoms. The van der Waals surface area contributed by atoms with Crippen LogP contribution in [-0.4, -0.2) is 45.1 Å². The van der Waals surface area contributed by atoms with E-state index >= 15 is 0 Å². The molecule has 0 atom stereocenters.